The molecule has 0 rings (SSSR count). The van der Waals surface area contributed by atoms with Crippen LogP contribution in [0.15, 0.2) is 0 Å². The minimum atomic E-state index is 0.536. The van der Waals surface area contributed by atoms with Gasteiger partial charge in [0.2, 0.25) is 0 Å². The monoisotopic (exact) mass is 206 g/mol. The van der Waals surface area contributed by atoms with Crippen molar-refractivity contribution in [1.29, 1.82) is 0 Å². The van der Waals surface area contributed by atoms with Crippen molar-refractivity contribution >= 4 is 24.4 Å². The third kappa shape index (κ3) is 5.36. The highest BCUT2D eigenvalue weighted by atomic mass is 32.2. The molecule has 0 heterocycles. The Morgan fingerprint density at radius 2 is 1.83 bits per heavy atom. The van der Waals surface area contributed by atoms with E-state index in [4.69, 9.17) is 0 Å². The molecule has 0 aromatic rings. The van der Waals surface area contributed by atoms with Gasteiger partial charge in [-0.05, 0) is 29.8 Å². The van der Waals surface area contributed by atoms with Crippen LogP contribution in [0.3, 0.4) is 0 Å². The first-order chi connectivity index (χ1) is 5.59. The van der Waals surface area contributed by atoms with Crippen LogP contribution in [-0.2, 0) is 0 Å². The molecular formula is C10H22S2. The van der Waals surface area contributed by atoms with Crippen LogP contribution in [0, 0.1) is 11.8 Å². The smallest absolute Gasteiger partial charge is 0.00270 e. The largest absolute Gasteiger partial charge is 0.176 e. The topological polar surface area (TPSA) is 0 Å². The van der Waals surface area contributed by atoms with E-state index in [2.05, 4.69) is 52.1 Å². The summed E-state index contributed by atoms with van der Waals surface area (Å²) < 4.78 is 0. The number of thioether (sulfide) groups is 1. The fraction of sp³-hybridized carbons (Fsp3) is 1.00. The molecule has 0 aromatic heterocycles. The average Bonchev–Trinajstić information content (AvgIpc) is 1.96. The van der Waals surface area contributed by atoms with E-state index in [1.807, 2.05) is 0 Å². The third-order valence-electron chi connectivity index (χ3n) is 2.13. The van der Waals surface area contributed by atoms with Crippen molar-refractivity contribution in [3.63, 3.8) is 0 Å². The van der Waals surface area contributed by atoms with Crippen molar-refractivity contribution in [3.8, 4) is 0 Å². The maximum Gasteiger partial charge on any atom is 0.00270 e. The third-order valence-corrected chi connectivity index (χ3v) is 3.84. The van der Waals surface area contributed by atoms with Crippen LogP contribution in [0.4, 0.5) is 0 Å². The molecule has 2 heteroatoms. The molecule has 0 aliphatic carbocycles. The minimum absolute atomic E-state index is 0.536. The lowest BCUT2D eigenvalue weighted by atomic mass is 9.95. The number of thiol groups is 1. The standard InChI is InChI=1S/C10H22S2/c1-5-6-12-7-10(8(2)3)9(4)11/h8-11H,5-7H2,1-4H3. The summed E-state index contributed by atoms with van der Waals surface area (Å²) in [5.41, 5.74) is 0. The van der Waals surface area contributed by atoms with Gasteiger partial charge >= 0.3 is 0 Å². The maximum atomic E-state index is 4.52. The summed E-state index contributed by atoms with van der Waals surface area (Å²) in [5.74, 6) is 4.10. The molecule has 0 aliphatic heterocycles. The number of hydrogen-bond acceptors (Lipinski definition) is 2. The molecular weight excluding hydrogens is 184 g/mol. The Kier molecular flexibility index (Phi) is 7.55. The second kappa shape index (κ2) is 7.14. The van der Waals surface area contributed by atoms with E-state index in [9.17, 15) is 0 Å². The second-order valence-electron chi connectivity index (χ2n) is 3.72. The fourth-order valence-electron chi connectivity index (χ4n) is 1.25. The van der Waals surface area contributed by atoms with Crippen molar-refractivity contribution in [1.82, 2.24) is 0 Å². The summed E-state index contributed by atoms with van der Waals surface area (Å²) in [6.07, 6.45) is 1.29. The van der Waals surface area contributed by atoms with Gasteiger partial charge in [0.05, 0.1) is 0 Å². The van der Waals surface area contributed by atoms with Gasteiger partial charge in [0, 0.05) is 5.25 Å². The molecule has 0 amide bonds. The normalized spacial score (nSPS) is 16.5. The van der Waals surface area contributed by atoms with E-state index < -0.39 is 0 Å². The molecule has 0 saturated heterocycles. The zero-order valence-electron chi connectivity index (χ0n) is 8.71. The molecule has 74 valence electrons. The molecule has 0 nitrogen and oxygen atoms in total. The van der Waals surface area contributed by atoms with Crippen molar-refractivity contribution in [3.05, 3.63) is 0 Å². The number of hydrogen-bond donors (Lipinski definition) is 1. The summed E-state index contributed by atoms with van der Waals surface area (Å²) in [7, 11) is 0. The summed E-state index contributed by atoms with van der Waals surface area (Å²) >= 11 is 6.59. The second-order valence-corrected chi connectivity index (χ2v) is 5.69. The van der Waals surface area contributed by atoms with Crippen molar-refractivity contribution in [2.75, 3.05) is 11.5 Å². The molecule has 0 aliphatic rings. The average molecular weight is 206 g/mol. The van der Waals surface area contributed by atoms with Gasteiger partial charge in [-0.2, -0.15) is 24.4 Å². The van der Waals surface area contributed by atoms with Gasteiger partial charge < -0.3 is 0 Å². The lowest BCUT2D eigenvalue weighted by Crippen LogP contribution is -2.20. The fourth-order valence-corrected chi connectivity index (χ4v) is 3.25. The van der Waals surface area contributed by atoms with Gasteiger partial charge in [0.15, 0.2) is 0 Å². The highest BCUT2D eigenvalue weighted by Crippen LogP contribution is 2.24. The predicted molar refractivity (Wildman–Crippen MR) is 64.4 cm³/mol. The van der Waals surface area contributed by atoms with Crippen LogP contribution in [-0.4, -0.2) is 16.8 Å². The summed E-state index contributed by atoms with van der Waals surface area (Å²) in [4.78, 5) is 0. The first kappa shape index (κ1) is 12.7. The van der Waals surface area contributed by atoms with Gasteiger partial charge in [-0.1, -0.05) is 27.7 Å². The van der Waals surface area contributed by atoms with Crippen molar-refractivity contribution in [2.45, 2.75) is 39.4 Å². The lowest BCUT2D eigenvalue weighted by Gasteiger charge is -2.23. The van der Waals surface area contributed by atoms with E-state index in [0.717, 1.165) is 11.8 Å². The predicted octanol–water partition coefficient (Wildman–Crippen LogP) is 3.72. The first-order valence-electron chi connectivity index (χ1n) is 4.85. The van der Waals surface area contributed by atoms with Crippen LogP contribution in [0.2, 0.25) is 0 Å². The summed E-state index contributed by atoms with van der Waals surface area (Å²) in [5, 5.41) is 0.536. The zero-order chi connectivity index (χ0) is 9.56. The molecule has 0 N–H and O–H groups in total. The Balaban J connectivity index is 3.64. The molecule has 0 aromatic carbocycles. The Morgan fingerprint density at radius 3 is 2.17 bits per heavy atom. The van der Waals surface area contributed by atoms with Gasteiger partial charge in [-0.3, -0.25) is 0 Å². The van der Waals surface area contributed by atoms with E-state index in [-0.39, 0.29) is 0 Å². The summed E-state index contributed by atoms with van der Waals surface area (Å²) in [6, 6.07) is 0. The molecule has 2 unspecified atom stereocenters. The molecule has 0 spiro atoms. The van der Waals surface area contributed by atoms with E-state index in [1.54, 1.807) is 0 Å². The highest BCUT2D eigenvalue weighted by molar-refractivity contribution is 7.99. The van der Waals surface area contributed by atoms with Crippen LogP contribution >= 0.6 is 24.4 Å². The first-order valence-corrected chi connectivity index (χ1v) is 6.52. The minimum Gasteiger partial charge on any atom is -0.176 e. The van der Waals surface area contributed by atoms with Crippen LogP contribution in [0.25, 0.3) is 0 Å². The van der Waals surface area contributed by atoms with E-state index >= 15 is 0 Å². The van der Waals surface area contributed by atoms with Crippen molar-refractivity contribution in [2.24, 2.45) is 11.8 Å². The lowest BCUT2D eigenvalue weighted by molar-refractivity contribution is 0.426. The van der Waals surface area contributed by atoms with E-state index in [1.165, 1.54) is 17.9 Å². The quantitative estimate of drug-likeness (QED) is 0.510. The molecule has 0 saturated carbocycles. The Hall–Kier alpha value is 0.700. The van der Waals surface area contributed by atoms with Gasteiger partial charge in [0.25, 0.3) is 0 Å². The maximum absolute atomic E-state index is 4.52. The number of rotatable bonds is 6. The SMILES string of the molecule is CCCSCC(C(C)C)C(C)S. The summed E-state index contributed by atoms with van der Waals surface area (Å²) in [6.45, 7) is 9.04. The van der Waals surface area contributed by atoms with Crippen LogP contribution < -0.4 is 0 Å². The Bertz CT molecular complexity index is 92.0. The Labute approximate surface area is 87.3 Å². The van der Waals surface area contributed by atoms with Gasteiger partial charge in [-0.15, -0.1) is 0 Å². The molecule has 2 atom stereocenters. The molecule has 0 bridgehead atoms. The zero-order valence-corrected chi connectivity index (χ0v) is 10.4. The van der Waals surface area contributed by atoms with Crippen LogP contribution in [0.1, 0.15) is 34.1 Å². The highest BCUT2D eigenvalue weighted by Gasteiger charge is 2.17. The van der Waals surface area contributed by atoms with Crippen LogP contribution in [0.5, 0.6) is 0 Å². The van der Waals surface area contributed by atoms with E-state index in [0.29, 0.717) is 5.25 Å². The Morgan fingerprint density at radius 1 is 1.25 bits per heavy atom. The molecule has 0 radical (unpaired) electrons. The molecule has 0 fully saturated rings. The van der Waals surface area contributed by atoms with Crippen molar-refractivity contribution < 1.29 is 0 Å². The molecule has 12 heavy (non-hydrogen) atoms. The van der Waals surface area contributed by atoms with Gasteiger partial charge in [-0.25, -0.2) is 0 Å². The van der Waals surface area contributed by atoms with Gasteiger partial charge in [0.1, 0.15) is 0 Å².